The Bertz CT molecular complexity index is 820. The van der Waals surface area contributed by atoms with Crippen LogP contribution in [0.2, 0.25) is 0 Å². The summed E-state index contributed by atoms with van der Waals surface area (Å²) in [5.41, 5.74) is 0.540. The van der Waals surface area contributed by atoms with E-state index in [9.17, 15) is 14.9 Å². The van der Waals surface area contributed by atoms with Crippen LogP contribution in [0.25, 0.3) is 11.5 Å². The highest BCUT2D eigenvalue weighted by Crippen LogP contribution is 2.21. The lowest BCUT2D eigenvalue weighted by atomic mass is 10.2. The molecule has 1 aromatic carbocycles. The smallest absolute Gasteiger partial charge is 0.338 e. The maximum absolute atomic E-state index is 11.9. The van der Waals surface area contributed by atoms with Gasteiger partial charge in [0.05, 0.1) is 16.7 Å². The molecule has 3 rings (SSSR count). The van der Waals surface area contributed by atoms with E-state index in [2.05, 4.69) is 5.16 Å². The monoisotopic (exact) mass is 314 g/mol. The Morgan fingerprint density at radius 3 is 2.65 bits per heavy atom. The molecule has 0 N–H and O–H groups in total. The minimum atomic E-state index is -0.609. The van der Waals surface area contributed by atoms with Gasteiger partial charge in [-0.25, -0.2) is 4.79 Å². The average molecular weight is 314 g/mol. The van der Waals surface area contributed by atoms with Crippen molar-refractivity contribution in [2.45, 2.75) is 6.61 Å². The highest BCUT2D eigenvalue weighted by Gasteiger charge is 2.13. The number of non-ortho nitro benzene ring substituents is 1. The average Bonchev–Trinajstić information content (AvgIpc) is 3.23. The Morgan fingerprint density at radius 1 is 1.22 bits per heavy atom. The van der Waals surface area contributed by atoms with Crippen LogP contribution in [-0.4, -0.2) is 16.0 Å². The van der Waals surface area contributed by atoms with Crippen molar-refractivity contribution in [3.8, 4) is 11.5 Å². The first kappa shape index (κ1) is 14.5. The first-order valence-electron chi connectivity index (χ1n) is 6.54. The molecule has 0 amide bonds. The Morgan fingerprint density at radius 2 is 2.00 bits per heavy atom. The van der Waals surface area contributed by atoms with Crippen LogP contribution < -0.4 is 0 Å². The molecular weight excluding hydrogens is 304 g/mol. The number of hydrogen-bond donors (Lipinski definition) is 0. The van der Waals surface area contributed by atoms with Crippen LogP contribution in [0.15, 0.2) is 57.7 Å². The molecule has 0 radical (unpaired) electrons. The number of nitro benzene ring substituents is 1. The molecule has 116 valence electrons. The Labute approximate surface area is 129 Å². The summed E-state index contributed by atoms with van der Waals surface area (Å²) >= 11 is 0. The molecule has 0 atom stereocenters. The number of nitrogens with zero attached hydrogens (tertiary/aromatic N) is 2. The van der Waals surface area contributed by atoms with Crippen molar-refractivity contribution in [1.29, 1.82) is 0 Å². The summed E-state index contributed by atoms with van der Waals surface area (Å²) in [5, 5.41) is 14.3. The fourth-order valence-electron chi connectivity index (χ4n) is 1.86. The van der Waals surface area contributed by atoms with Crippen LogP contribution >= 0.6 is 0 Å². The number of furan rings is 1. The van der Waals surface area contributed by atoms with Crippen molar-refractivity contribution in [2.75, 3.05) is 0 Å². The molecule has 0 aliphatic rings. The van der Waals surface area contributed by atoms with Crippen molar-refractivity contribution in [2.24, 2.45) is 0 Å². The first-order valence-corrected chi connectivity index (χ1v) is 6.54. The van der Waals surface area contributed by atoms with Crippen LogP contribution in [0, 0.1) is 10.1 Å². The summed E-state index contributed by atoms with van der Waals surface area (Å²) in [6.07, 6.45) is 1.51. The Kier molecular flexibility index (Phi) is 3.88. The van der Waals surface area contributed by atoms with E-state index < -0.39 is 10.9 Å². The second-order valence-corrected chi connectivity index (χ2v) is 4.54. The first-order chi connectivity index (χ1) is 11.1. The number of aromatic nitrogens is 1. The highest BCUT2D eigenvalue weighted by molar-refractivity contribution is 5.89. The number of nitro groups is 1. The molecule has 0 bridgehead atoms. The lowest BCUT2D eigenvalue weighted by molar-refractivity contribution is -0.384. The largest absolute Gasteiger partial charge is 0.461 e. The van der Waals surface area contributed by atoms with Crippen LogP contribution in [0.4, 0.5) is 5.69 Å². The lowest BCUT2D eigenvalue weighted by Crippen LogP contribution is -2.05. The fraction of sp³-hybridized carbons (Fsp3) is 0.0667. The molecule has 23 heavy (non-hydrogen) atoms. The quantitative estimate of drug-likeness (QED) is 0.404. The van der Waals surface area contributed by atoms with E-state index in [1.54, 1.807) is 18.2 Å². The molecule has 0 fully saturated rings. The van der Waals surface area contributed by atoms with E-state index in [0.717, 1.165) is 0 Å². The van der Waals surface area contributed by atoms with Gasteiger partial charge in [-0.3, -0.25) is 10.1 Å². The van der Waals surface area contributed by atoms with Crippen LogP contribution in [-0.2, 0) is 11.3 Å². The van der Waals surface area contributed by atoms with Gasteiger partial charge in [-0.15, -0.1) is 0 Å². The van der Waals surface area contributed by atoms with E-state index in [1.165, 1.54) is 30.5 Å². The van der Waals surface area contributed by atoms with Gasteiger partial charge in [0, 0.05) is 18.2 Å². The minimum absolute atomic E-state index is 0.0833. The molecule has 0 saturated heterocycles. The lowest BCUT2D eigenvalue weighted by Gasteiger charge is -2.01. The second kappa shape index (κ2) is 6.14. The van der Waals surface area contributed by atoms with E-state index in [-0.39, 0.29) is 17.9 Å². The van der Waals surface area contributed by atoms with Crippen molar-refractivity contribution >= 4 is 11.7 Å². The number of hydrogen-bond acceptors (Lipinski definition) is 7. The van der Waals surface area contributed by atoms with Gasteiger partial charge in [0.15, 0.2) is 5.76 Å². The van der Waals surface area contributed by atoms with E-state index >= 15 is 0 Å². The highest BCUT2D eigenvalue weighted by atomic mass is 16.6. The Balaban J connectivity index is 1.61. The molecule has 8 nitrogen and oxygen atoms in total. The van der Waals surface area contributed by atoms with Crippen molar-refractivity contribution in [3.63, 3.8) is 0 Å². The number of carbonyl (C=O) groups excluding carboxylic acids is 1. The number of benzene rings is 1. The summed E-state index contributed by atoms with van der Waals surface area (Å²) in [7, 11) is 0. The van der Waals surface area contributed by atoms with Crippen LogP contribution in [0.1, 0.15) is 16.1 Å². The van der Waals surface area contributed by atoms with E-state index in [4.69, 9.17) is 13.7 Å². The minimum Gasteiger partial charge on any atom is -0.461 e. The van der Waals surface area contributed by atoms with Gasteiger partial charge in [-0.2, -0.15) is 0 Å². The van der Waals surface area contributed by atoms with Gasteiger partial charge >= 0.3 is 5.97 Å². The van der Waals surface area contributed by atoms with Crippen LogP contribution in [0.5, 0.6) is 0 Å². The molecule has 3 aromatic rings. The zero-order chi connectivity index (χ0) is 16.2. The van der Waals surface area contributed by atoms with Gasteiger partial charge in [-0.1, -0.05) is 5.16 Å². The molecule has 2 aromatic heterocycles. The normalized spacial score (nSPS) is 10.4. The van der Waals surface area contributed by atoms with Gasteiger partial charge in [0.1, 0.15) is 12.3 Å². The summed E-state index contributed by atoms with van der Waals surface area (Å²) in [4.78, 5) is 21.9. The topological polar surface area (TPSA) is 109 Å². The number of ether oxygens (including phenoxy) is 1. The van der Waals surface area contributed by atoms with Gasteiger partial charge in [0.2, 0.25) is 5.76 Å². The molecule has 0 saturated carbocycles. The number of rotatable bonds is 5. The standard InChI is InChI=1S/C15H10N2O6/c18-15(10-3-5-12(6-4-10)17(19)20)22-9-11-8-14(23-16-11)13-2-1-7-21-13/h1-8H,9H2. The number of carbonyl (C=O) groups is 1. The molecular formula is C15H10N2O6. The zero-order valence-corrected chi connectivity index (χ0v) is 11.7. The van der Waals surface area contributed by atoms with Crippen molar-refractivity contribution in [1.82, 2.24) is 5.16 Å². The fourth-order valence-corrected chi connectivity index (χ4v) is 1.86. The molecule has 2 heterocycles. The zero-order valence-electron chi connectivity index (χ0n) is 11.7. The summed E-state index contributed by atoms with van der Waals surface area (Å²) in [6.45, 7) is -0.0833. The molecule has 8 heteroatoms. The third-order valence-corrected chi connectivity index (χ3v) is 2.99. The summed E-state index contributed by atoms with van der Waals surface area (Å²) < 4.78 is 15.3. The SMILES string of the molecule is O=C(OCc1cc(-c2ccco2)on1)c1ccc([N+](=O)[O-])cc1. The number of esters is 1. The maximum Gasteiger partial charge on any atom is 0.338 e. The van der Waals surface area contributed by atoms with Crippen molar-refractivity contribution < 1.29 is 23.4 Å². The third-order valence-electron chi connectivity index (χ3n) is 2.99. The summed E-state index contributed by atoms with van der Waals surface area (Å²) in [5.74, 6) is 0.337. The third kappa shape index (κ3) is 3.26. The second-order valence-electron chi connectivity index (χ2n) is 4.54. The summed E-state index contributed by atoms with van der Waals surface area (Å²) in [6, 6.07) is 10.2. The van der Waals surface area contributed by atoms with Gasteiger partial charge < -0.3 is 13.7 Å². The van der Waals surface area contributed by atoms with Crippen LogP contribution in [0.3, 0.4) is 0 Å². The van der Waals surface area contributed by atoms with Crippen molar-refractivity contribution in [3.05, 3.63) is 70.1 Å². The molecule has 0 aliphatic carbocycles. The van der Waals surface area contributed by atoms with Gasteiger partial charge in [-0.05, 0) is 24.3 Å². The Hall–Kier alpha value is -3.42. The van der Waals surface area contributed by atoms with E-state index in [1.807, 2.05) is 0 Å². The predicted octanol–water partition coefficient (Wildman–Crippen LogP) is 3.20. The predicted molar refractivity (Wildman–Crippen MR) is 76.4 cm³/mol. The van der Waals surface area contributed by atoms with E-state index in [0.29, 0.717) is 17.2 Å². The molecule has 0 unspecified atom stereocenters. The molecule has 0 aliphatic heterocycles. The maximum atomic E-state index is 11.9. The van der Waals surface area contributed by atoms with Gasteiger partial charge in [0.25, 0.3) is 5.69 Å². The molecule has 0 spiro atoms.